The van der Waals surface area contributed by atoms with Crippen molar-refractivity contribution in [1.82, 2.24) is 10.2 Å². The zero-order valence-corrected chi connectivity index (χ0v) is 12.9. The van der Waals surface area contributed by atoms with E-state index in [0.29, 0.717) is 0 Å². The lowest BCUT2D eigenvalue weighted by Gasteiger charge is -2.31. The molecule has 108 valence electrons. The van der Waals surface area contributed by atoms with E-state index in [0.717, 1.165) is 18.5 Å². The van der Waals surface area contributed by atoms with Gasteiger partial charge in [-0.1, -0.05) is 46.5 Å². The smallest absolute Gasteiger partial charge is 0.0107 e. The molecule has 0 amide bonds. The Balaban J connectivity index is 2.46. The number of unbranched alkanes of at least 4 members (excludes halogenated alkanes) is 1. The Morgan fingerprint density at radius 1 is 1.06 bits per heavy atom. The summed E-state index contributed by atoms with van der Waals surface area (Å²) < 4.78 is 0. The van der Waals surface area contributed by atoms with E-state index in [2.05, 4.69) is 31.0 Å². The highest BCUT2D eigenvalue weighted by Crippen LogP contribution is 2.24. The first-order valence-corrected chi connectivity index (χ1v) is 8.27. The summed E-state index contributed by atoms with van der Waals surface area (Å²) in [6.45, 7) is 11.8. The monoisotopic (exact) mass is 254 g/mol. The van der Waals surface area contributed by atoms with Gasteiger partial charge < -0.3 is 10.2 Å². The van der Waals surface area contributed by atoms with Gasteiger partial charge in [0.2, 0.25) is 0 Å². The molecule has 1 N–H and O–H groups in total. The van der Waals surface area contributed by atoms with Crippen molar-refractivity contribution in [2.75, 3.05) is 26.2 Å². The second-order valence-electron chi connectivity index (χ2n) is 5.81. The van der Waals surface area contributed by atoms with Crippen LogP contribution in [0.1, 0.15) is 65.7 Å². The van der Waals surface area contributed by atoms with Gasteiger partial charge in [-0.25, -0.2) is 0 Å². The third-order valence-electron chi connectivity index (χ3n) is 4.39. The fraction of sp³-hybridized carbons (Fsp3) is 1.00. The van der Waals surface area contributed by atoms with Crippen LogP contribution >= 0.6 is 0 Å². The van der Waals surface area contributed by atoms with Gasteiger partial charge in [0.15, 0.2) is 0 Å². The van der Waals surface area contributed by atoms with Crippen molar-refractivity contribution in [3.05, 3.63) is 0 Å². The Morgan fingerprint density at radius 3 is 2.50 bits per heavy atom. The topological polar surface area (TPSA) is 15.3 Å². The first kappa shape index (κ1) is 16.0. The number of rotatable bonds is 8. The van der Waals surface area contributed by atoms with E-state index in [1.165, 1.54) is 64.6 Å². The minimum absolute atomic E-state index is 0.771. The van der Waals surface area contributed by atoms with Crippen molar-refractivity contribution >= 4 is 0 Å². The Kier molecular flexibility index (Phi) is 8.70. The van der Waals surface area contributed by atoms with E-state index in [1.54, 1.807) is 0 Å². The molecule has 0 aliphatic heterocycles. The van der Waals surface area contributed by atoms with E-state index in [-0.39, 0.29) is 0 Å². The lowest BCUT2D eigenvalue weighted by atomic mass is 9.94. The largest absolute Gasteiger partial charge is 0.314 e. The summed E-state index contributed by atoms with van der Waals surface area (Å²) in [5, 5.41) is 3.73. The Morgan fingerprint density at radius 2 is 1.83 bits per heavy atom. The molecule has 0 heterocycles. The molecule has 0 aromatic carbocycles. The highest BCUT2D eigenvalue weighted by Gasteiger charge is 2.24. The van der Waals surface area contributed by atoms with Crippen LogP contribution in [0.2, 0.25) is 0 Å². The fourth-order valence-corrected chi connectivity index (χ4v) is 3.23. The fourth-order valence-electron chi connectivity index (χ4n) is 3.23. The number of nitrogens with one attached hydrogen (secondary N) is 1. The molecule has 0 spiro atoms. The minimum Gasteiger partial charge on any atom is -0.314 e. The molecule has 1 fully saturated rings. The summed E-state index contributed by atoms with van der Waals surface area (Å²) in [5.74, 6) is 0.879. The van der Waals surface area contributed by atoms with Gasteiger partial charge in [-0.2, -0.15) is 0 Å². The molecule has 2 heteroatoms. The molecular formula is C16H34N2. The van der Waals surface area contributed by atoms with Gasteiger partial charge in [-0.3, -0.25) is 0 Å². The van der Waals surface area contributed by atoms with Crippen molar-refractivity contribution in [2.45, 2.75) is 71.8 Å². The van der Waals surface area contributed by atoms with Gasteiger partial charge in [0.25, 0.3) is 0 Å². The Bertz CT molecular complexity index is 194. The molecular weight excluding hydrogens is 220 g/mol. The summed E-state index contributed by atoms with van der Waals surface area (Å²) >= 11 is 0. The third kappa shape index (κ3) is 5.71. The second kappa shape index (κ2) is 9.80. The van der Waals surface area contributed by atoms with E-state index >= 15 is 0 Å². The number of hydrogen-bond donors (Lipinski definition) is 1. The second-order valence-corrected chi connectivity index (χ2v) is 5.81. The summed E-state index contributed by atoms with van der Waals surface area (Å²) in [6.07, 6.45) is 9.81. The highest BCUT2D eigenvalue weighted by atomic mass is 15.1. The first-order chi connectivity index (χ1) is 8.81. The molecule has 0 bridgehead atoms. The number of nitrogens with zero attached hydrogens (tertiary/aromatic N) is 1. The van der Waals surface area contributed by atoms with Gasteiger partial charge in [0, 0.05) is 12.6 Å². The zero-order chi connectivity index (χ0) is 13.2. The lowest BCUT2D eigenvalue weighted by Crippen LogP contribution is -2.42. The molecule has 18 heavy (non-hydrogen) atoms. The van der Waals surface area contributed by atoms with Crippen LogP contribution in [0.4, 0.5) is 0 Å². The maximum atomic E-state index is 3.73. The van der Waals surface area contributed by atoms with Crippen LogP contribution in [0.3, 0.4) is 0 Å². The molecule has 0 aromatic rings. The molecule has 0 saturated heterocycles. The van der Waals surface area contributed by atoms with Crippen molar-refractivity contribution in [2.24, 2.45) is 5.92 Å². The summed E-state index contributed by atoms with van der Waals surface area (Å²) in [4.78, 5) is 2.67. The maximum absolute atomic E-state index is 3.73. The van der Waals surface area contributed by atoms with Crippen LogP contribution in [0.15, 0.2) is 0 Å². The quantitative estimate of drug-likeness (QED) is 0.665. The van der Waals surface area contributed by atoms with Crippen molar-refractivity contribution < 1.29 is 0 Å². The predicted molar refractivity (Wildman–Crippen MR) is 81.1 cm³/mol. The molecule has 0 radical (unpaired) electrons. The van der Waals surface area contributed by atoms with Crippen LogP contribution in [0.5, 0.6) is 0 Å². The van der Waals surface area contributed by atoms with Crippen LogP contribution in [0.25, 0.3) is 0 Å². The molecule has 1 aliphatic rings. The van der Waals surface area contributed by atoms with E-state index in [4.69, 9.17) is 0 Å². The maximum Gasteiger partial charge on any atom is 0.0107 e. The normalized spacial score (nSPS) is 25.3. The molecule has 1 saturated carbocycles. The third-order valence-corrected chi connectivity index (χ3v) is 4.39. The standard InChI is InChI=1S/C16H34N2/c1-4-7-13-18(6-3)14-15-11-9-8-10-12-16(15)17-5-2/h15-17H,4-14H2,1-3H3. The first-order valence-electron chi connectivity index (χ1n) is 8.27. The van der Waals surface area contributed by atoms with Crippen molar-refractivity contribution in [3.8, 4) is 0 Å². The van der Waals surface area contributed by atoms with Crippen LogP contribution in [-0.4, -0.2) is 37.1 Å². The molecule has 1 rings (SSSR count). The van der Waals surface area contributed by atoms with Gasteiger partial charge in [0.05, 0.1) is 0 Å². The highest BCUT2D eigenvalue weighted by molar-refractivity contribution is 4.81. The summed E-state index contributed by atoms with van der Waals surface area (Å²) in [6, 6.07) is 0.771. The zero-order valence-electron chi connectivity index (χ0n) is 12.9. The van der Waals surface area contributed by atoms with Gasteiger partial charge in [-0.05, 0) is 44.8 Å². The molecule has 0 aromatic heterocycles. The Hall–Kier alpha value is -0.0800. The van der Waals surface area contributed by atoms with Gasteiger partial charge in [0.1, 0.15) is 0 Å². The van der Waals surface area contributed by atoms with Gasteiger partial charge >= 0.3 is 0 Å². The van der Waals surface area contributed by atoms with Crippen molar-refractivity contribution in [3.63, 3.8) is 0 Å². The summed E-state index contributed by atoms with van der Waals surface area (Å²) in [5.41, 5.74) is 0. The molecule has 2 atom stereocenters. The average molecular weight is 254 g/mol. The van der Waals surface area contributed by atoms with E-state index in [9.17, 15) is 0 Å². The van der Waals surface area contributed by atoms with Crippen LogP contribution < -0.4 is 5.32 Å². The van der Waals surface area contributed by atoms with Crippen molar-refractivity contribution in [1.29, 1.82) is 0 Å². The molecule has 1 aliphatic carbocycles. The predicted octanol–water partition coefficient (Wildman–Crippen LogP) is 3.67. The minimum atomic E-state index is 0.771. The number of hydrogen-bond acceptors (Lipinski definition) is 2. The van der Waals surface area contributed by atoms with Crippen LogP contribution in [0, 0.1) is 5.92 Å². The average Bonchev–Trinajstić information content (AvgIpc) is 2.60. The SMILES string of the molecule is CCCCN(CC)CC1CCCCCC1NCC. The lowest BCUT2D eigenvalue weighted by molar-refractivity contribution is 0.199. The Labute approximate surface area is 115 Å². The molecule has 2 nitrogen and oxygen atoms in total. The summed E-state index contributed by atoms with van der Waals surface area (Å²) in [7, 11) is 0. The molecule has 2 unspecified atom stereocenters. The van der Waals surface area contributed by atoms with Gasteiger partial charge in [-0.15, -0.1) is 0 Å². The van der Waals surface area contributed by atoms with E-state index in [1.807, 2.05) is 0 Å². The van der Waals surface area contributed by atoms with Crippen LogP contribution in [-0.2, 0) is 0 Å². The van der Waals surface area contributed by atoms with E-state index < -0.39 is 0 Å².